The van der Waals surface area contributed by atoms with Crippen LogP contribution in [0.5, 0.6) is 0 Å². The second-order valence-corrected chi connectivity index (χ2v) is 2.35. The zero-order chi connectivity index (χ0) is 8.81. The molecule has 0 saturated heterocycles. The molecule has 0 fully saturated rings. The highest BCUT2D eigenvalue weighted by Gasteiger charge is 1.95. The van der Waals surface area contributed by atoms with Crippen molar-refractivity contribution in [3.05, 3.63) is 18.2 Å². The van der Waals surface area contributed by atoms with Crippen molar-refractivity contribution in [2.45, 2.75) is 12.8 Å². The van der Waals surface area contributed by atoms with Gasteiger partial charge in [0.15, 0.2) is 0 Å². The third-order valence-electron chi connectivity index (χ3n) is 1.39. The fraction of sp³-hybridized carbons (Fsp3) is 0.429. The monoisotopic (exact) mass is 169 g/mol. The van der Waals surface area contributed by atoms with Crippen molar-refractivity contribution in [1.29, 1.82) is 0 Å². The summed E-state index contributed by atoms with van der Waals surface area (Å²) in [5.41, 5.74) is 5.80. The van der Waals surface area contributed by atoms with Gasteiger partial charge in [0.1, 0.15) is 0 Å². The van der Waals surface area contributed by atoms with Gasteiger partial charge in [0.2, 0.25) is 0 Å². The van der Waals surface area contributed by atoms with Gasteiger partial charge in [0, 0.05) is 11.9 Å². The first-order valence-electron chi connectivity index (χ1n) is 3.68. The van der Waals surface area contributed by atoms with Gasteiger partial charge in [-0.3, -0.25) is 0 Å². The van der Waals surface area contributed by atoms with Gasteiger partial charge in [-0.1, -0.05) is 0 Å². The number of aromatic nitrogens is 2. The smallest absolute Gasteiger partial charge is 0.404 e. The van der Waals surface area contributed by atoms with Crippen LogP contribution >= 0.6 is 0 Å². The van der Waals surface area contributed by atoms with Gasteiger partial charge >= 0.3 is 6.09 Å². The number of rotatable bonds is 4. The van der Waals surface area contributed by atoms with Gasteiger partial charge in [-0.2, -0.15) is 0 Å². The number of nitrogens with two attached hydrogens (primary N) is 1. The first kappa shape index (κ1) is 8.58. The van der Waals surface area contributed by atoms with Gasteiger partial charge in [0.05, 0.1) is 12.9 Å². The van der Waals surface area contributed by atoms with Crippen LogP contribution < -0.4 is 5.73 Å². The van der Waals surface area contributed by atoms with Gasteiger partial charge in [-0.15, -0.1) is 0 Å². The zero-order valence-corrected chi connectivity index (χ0v) is 6.62. The molecule has 0 spiro atoms. The van der Waals surface area contributed by atoms with E-state index in [9.17, 15) is 4.79 Å². The van der Waals surface area contributed by atoms with Crippen molar-refractivity contribution < 1.29 is 9.53 Å². The summed E-state index contributed by atoms with van der Waals surface area (Å²) in [6.07, 6.45) is 4.20. The van der Waals surface area contributed by atoms with Crippen molar-refractivity contribution in [3.63, 3.8) is 0 Å². The molecule has 1 heterocycles. The molecule has 0 aliphatic heterocycles. The highest BCUT2D eigenvalue weighted by atomic mass is 16.5. The summed E-state index contributed by atoms with van der Waals surface area (Å²) < 4.78 is 4.54. The van der Waals surface area contributed by atoms with E-state index in [2.05, 4.69) is 14.7 Å². The molecular formula is C7H11N3O2. The van der Waals surface area contributed by atoms with Crippen LogP contribution in [0.2, 0.25) is 0 Å². The Hall–Kier alpha value is -1.52. The van der Waals surface area contributed by atoms with Crippen molar-refractivity contribution in [1.82, 2.24) is 9.97 Å². The maximum absolute atomic E-state index is 10.1. The predicted octanol–water partition coefficient (Wildman–Crippen LogP) is 0.438. The molecule has 0 atom stereocenters. The molecule has 5 heteroatoms. The lowest BCUT2D eigenvalue weighted by molar-refractivity contribution is 0.155. The summed E-state index contributed by atoms with van der Waals surface area (Å²) >= 11 is 0. The van der Waals surface area contributed by atoms with E-state index in [1.54, 1.807) is 12.5 Å². The Labute approximate surface area is 69.9 Å². The topological polar surface area (TPSA) is 81.0 Å². The lowest BCUT2D eigenvalue weighted by Crippen LogP contribution is -2.13. The average Bonchev–Trinajstić information content (AvgIpc) is 2.49. The van der Waals surface area contributed by atoms with Crippen molar-refractivity contribution in [2.75, 3.05) is 6.61 Å². The Morgan fingerprint density at radius 1 is 1.75 bits per heavy atom. The predicted molar refractivity (Wildman–Crippen MR) is 42.4 cm³/mol. The Balaban J connectivity index is 2.07. The molecule has 66 valence electrons. The first-order valence-corrected chi connectivity index (χ1v) is 3.68. The molecule has 1 rings (SSSR count). The molecule has 5 nitrogen and oxygen atoms in total. The lowest BCUT2D eigenvalue weighted by Gasteiger charge is -1.98. The van der Waals surface area contributed by atoms with Crippen LogP contribution in [-0.4, -0.2) is 22.7 Å². The number of hydrogen-bond acceptors (Lipinski definition) is 3. The van der Waals surface area contributed by atoms with Crippen molar-refractivity contribution in [3.8, 4) is 0 Å². The Bertz CT molecular complexity index is 233. The summed E-state index contributed by atoms with van der Waals surface area (Å²) in [6, 6.07) is 0. The Kier molecular flexibility index (Phi) is 3.13. The fourth-order valence-corrected chi connectivity index (χ4v) is 0.857. The van der Waals surface area contributed by atoms with E-state index < -0.39 is 6.09 Å². The molecule has 12 heavy (non-hydrogen) atoms. The molecule has 1 aromatic rings. The summed E-state index contributed by atoms with van der Waals surface area (Å²) in [5, 5.41) is 0. The van der Waals surface area contributed by atoms with Gasteiger partial charge < -0.3 is 15.5 Å². The van der Waals surface area contributed by atoms with E-state index in [0.29, 0.717) is 6.61 Å². The number of carbonyl (C=O) groups is 1. The number of aryl methyl sites for hydroxylation is 1. The second-order valence-electron chi connectivity index (χ2n) is 2.35. The number of H-pyrrole nitrogens is 1. The van der Waals surface area contributed by atoms with Crippen LogP contribution in [0.25, 0.3) is 0 Å². The number of imidazole rings is 1. The Morgan fingerprint density at radius 3 is 3.17 bits per heavy atom. The van der Waals surface area contributed by atoms with E-state index in [4.69, 9.17) is 5.73 Å². The largest absolute Gasteiger partial charge is 0.450 e. The number of hydrogen-bond donors (Lipinski definition) is 2. The molecule has 0 aliphatic carbocycles. The molecule has 1 aromatic heterocycles. The fourth-order valence-electron chi connectivity index (χ4n) is 0.857. The molecule has 0 aromatic carbocycles. The number of carbonyl (C=O) groups excluding carboxylic acids is 1. The standard InChI is InChI=1S/C7H11N3O2/c8-7(11)12-3-1-2-6-4-9-5-10-6/h4-5H,1-3H2,(H2,8,11)(H,9,10). The summed E-state index contributed by atoms with van der Waals surface area (Å²) in [6.45, 7) is 0.356. The maximum Gasteiger partial charge on any atom is 0.404 e. The molecule has 0 radical (unpaired) electrons. The van der Waals surface area contributed by atoms with Crippen LogP contribution in [0.1, 0.15) is 12.1 Å². The van der Waals surface area contributed by atoms with E-state index in [0.717, 1.165) is 18.5 Å². The van der Waals surface area contributed by atoms with Gasteiger partial charge in [0.25, 0.3) is 0 Å². The van der Waals surface area contributed by atoms with Gasteiger partial charge in [-0.25, -0.2) is 9.78 Å². The molecule has 0 saturated carbocycles. The second kappa shape index (κ2) is 4.38. The number of primary amides is 1. The first-order chi connectivity index (χ1) is 5.79. The van der Waals surface area contributed by atoms with Crippen LogP contribution in [0.15, 0.2) is 12.5 Å². The molecule has 0 bridgehead atoms. The highest BCUT2D eigenvalue weighted by Crippen LogP contribution is 1.96. The third-order valence-corrected chi connectivity index (χ3v) is 1.39. The van der Waals surface area contributed by atoms with Crippen molar-refractivity contribution >= 4 is 6.09 Å². The Morgan fingerprint density at radius 2 is 2.58 bits per heavy atom. The minimum absolute atomic E-state index is 0.356. The zero-order valence-electron chi connectivity index (χ0n) is 6.62. The van der Waals surface area contributed by atoms with Crippen LogP contribution in [-0.2, 0) is 11.2 Å². The molecular weight excluding hydrogens is 158 g/mol. The van der Waals surface area contributed by atoms with E-state index in [1.165, 1.54) is 0 Å². The number of aromatic amines is 1. The van der Waals surface area contributed by atoms with Crippen LogP contribution in [0, 0.1) is 0 Å². The molecule has 3 N–H and O–H groups in total. The van der Waals surface area contributed by atoms with E-state index in [1.807, 2.05) is 0 Å². The van der Waals surface area contributed by atoms with Crippen LogP contribution in [0.3, 0.4) is 0 Å². The number of nitrogens with one attached hydrogen (secondary N) is 1. The summed E-state index contributed by atoms with van der Waals surface area (Å²) in [5.74, 6) is 0. The molecule has 0 unspecified atom stereocenters. The average molecular weight is 169 g/mol. The van der Waals surface area contributed by atoms with Crippen LogP contribution in [0.4, 0.5) is 4.79 Å². The minimum Gasteiger partial charge on any atom is -0.450 e. The number of nitrogens with zero attached hydrogens (tertiary/aromatic N) is 1. The third kappa shape index (κ3) is 3.05. The van der Waals surface area contributed by atoms with Gasteiger partial charge in [-0.05, 0) is 12.8 Å². The molecule has 1 amide bonds. The SMILES string of the molecule is NC(=O)OCCCc1cnc[nH]1. The maximum atomic E-state index is 10.1. The number of amides is 1. The quantitative estimate of drug-likeness (QED) is 0.641. The van der Waals surface area contributed by atoms with Crippen molar-refractivity contribution in [2.24, 2.45) is 5.73 Å². The summed E-state index contributed by atoms with van der Waals surface area (Å²) in [4.78, 5) is 16.9. The minimum atomic E-state index is -0.723. The molecule has 0 aliphatic rings. The summed E-state index contributed by atoms with van der Waals surface area (Å²) in [7, 11) is 0. The lowest BCUT2D eigenvalue weighted by atomic mass is 10.3. The van der Waals surface area contributed by atoms with E-state index in [-0.39, 0.29) is 0 Å². The highest BCUT2D eigenvalue weighted by molar-refractivity contribution is 5.64. The van der Waals surface area contributed by atoms with E-state index >= 15 is 0 Å². The number of ether oxygens (including phenoxy) is 1. The normalized spacial score (nSPS) is 9.67.